The van der Waals surface area contributed by atoms with Crippen LogP contribution in [-0.2, 0) is 12.8 Å². The van der Waals surface area contributed by atoms with Crippen molar-refractivity contribution in [3.63, 3.8) is 0 Å². The summed E-state index contributed by atoms with van der Waals surface area (Å²) in [6, 6.07) is 20.2. The molecular weight excluding hydrogens is 392 g/mol. The SMILES string of the molecule is COc1cccc2c1c(OC)cc1c3c(ccc12)[C@H](CCc1ccc(C)c(C)c1)CCC3. The van der Waals surface area contributed by atoms with Gasteiger partial charge in [0.05, 0.1) is 19.6 Å². The average Bonchev–Trinajstić information content (AvgIpc) is 2.83. The van der Waals surface area contributed by atoms with Gasteiger partial charge in [0.2, 0.25) is 0 Å². The second kappa shape index (κ2) is 8.50. The van der Waals surface area contributed by atoms with Crippen LogP contribution in [0.4, 0.5) is 0 Å². The lowest BCUT2D eigenvalue weighted by Crippen LogP contribution is -2.11. The summed E-state index contributed by atoms with van der Waals surface area (Å²) in [7, 11) is 3.49. The minimum absolute atomic E-state index is 0.622. The maximum Gasteiger partial charge on any atom is 0.131 e. The summed E-state index contributed by atoms with van der Waals surface area (Å²) in [5, 5.41) is 4.91. The topological polar surface area (TPSA) is 18.5 Å². The van der Waals surface area contributed by atoms with E-state index in [0.717, 1.165) is 29.7 Å². The molecule has 0 saturated carbocycles. The molecule has 4 aromatic carbocycles. The zero-order valence-electron chi connectivity index (χ0n) is 19.6. The van der Waals surface area contributed by atoms with E-state index in [9.17, 15) is 0 Å². The maximum atomic E-state index is 5.84. The van der Waals surface area contributed by atoms with E-state index in [1.165, 1.54) is 63.2 Å². The van der Waals surface area contributed by atoms with Crippen LogP contribution >= 0.6 is 0 Å². The number of hydrogen-bond donors (Lipinski definition) is 0. The van der Waals surface area contributed by atoms with Crippen molar-refractivity contribution < 1.29 is 9.47 Å². The molecule has 4 aromatic rings. The van der Waals surface area contributed by atoms with E-state index < -0.39 is 0 Å². The van der Waals surface area contributed by atoms with Gasteiger partial charge < -0.3 is 9.47 Å². The van der Waals surface area contributed by atoms with Gasteiger partial charge in [-0.25, -0.2) is 0 Å². The Morgan fingerprint density at radius 3 is 2.44 bits per heavy atom. The van der Waals surface area contributed by atoms with Gasteiger partial charge in [-0.1, -0.05) is 42.5 Å². The van der Waals surface area contributed by atoms with Crippen molar-refractivity contribution in [1.82, 2.24) is 0 Å². The van der Waals surface area contributed by atoms with Crippen molar-refractivity contribution in [2.75, 3.05) is 14.2 Å². The molecule has 0 amide bonds. The summed E-state index contributed by atoms with van der Waals surface area (Å²) < 4.78 is 11.5. The fraction of sp³-hybridized carbons (Fsp3) is 0.333. The van der Waals surface area contributed by atoms with Crippen molar-refractivity contribution in [3.8, 4) is 11.5 Å². The molecule has 5 rings (SSSR count). The van der Waals surface area contributed by atoms with E-state index in [4.69, 9.17) is 9.47 Å². The Bertz CT molecular complexity index is 1300. The van der Waals surface area contributed by atoms with Gasteiger partial charge in [0.1, 0.15) is 11.5 Å². The Balaban J connectivity index is 1.57. The van der Waals surface area contributed by atoms with Gasteiger partial charge in [0, 0.05) is 0 Å². The summed E-state index contributed by atoms with van der Waals surface area (Å²) in [5.74, 6) is 2.39. The number of benzene rings is 4. The lowest BCUT2D eigenvalue weighted by molar-refractivity contribution is 0.405. The minimum atomic E-state index is 0.622. The molecule has 0 radical (unpaired) electrons. The van der Waals surface area contributed by atoms with Crippen molar-refractivity contribution in [2.45, 2.75) is 51.9 Å². The highest BCUT2D eigenvalue weighted by molar-refractivity contribution is 6.13. The first-order valence-corrected chi connectivity index (χ1v) is 11.8. The molecule has 1 aliphatic rings. The third-order valence-electron chi connectivity index (χ3n) is 7.44. The zero-order valence-corrected chi connectivity index (χ0v) is 19.6. The molecule has 0 heterocycles. The van der Waals surface area contributed by atoms with E-state index >= 15 is 0 Å². The molecule has 1 atom stereocenters. The second-order valence-corrected chi connectivity index (χ2v) is 9.24. The molecular formula is C30H32O2. The number of aryl methyl sites for hydroxylation is 4. The Morgan fingerprint density at radius 1 is 0.812 bits per heavy atom. The van der Waals surface area contributed by atoms with Crippen molar-refractivity contribution >= 4 is 21.5 Å². The Morgan fingerprint density at radius 2 is 1.66 bits per heavy atom. The molecule has 0 bridgehead atoms. The van der Waals surface area contributed by atoms with Crippen LogP contribution in [0.25, 0.3) is 21.5 Å². The molecule has 2 heteroatoms. The van der Waals surface area contributed by atoms with Gasteiger partial charge in [0.15, 0.2) is 0 Å². The van der Waals surface area contributed by atoms with Gasteiger partial charge in [0.25, 0.3) is 0 Å². The summed E-state index contributed by atoms with van der Waals surface area (Å²) in [5.41, 5.74) is 7.28. The molecule has 0 N–H and O–H groups in total. The largest absolute Gasteiger partial charge is 0.496 e. The monoisotopic (exact) mass is 424 g/mol. The number of methoxy groups -OCH3 is 2. The smallest absolute Gasteiger partial charge is 0.131 e. The number of fused-ring (bicyclic) bond motifs is 5. The zero-order chi connectivity index (χ0) is 22.2. The molecule has 2 nitrogen and oxygen atoms in total. The second-order valence-electron chi connectivity index (χ2n) is 9.24. The third-order valence-corrected chi connectivity index (χ3v) is 7.44. The Hall–Kier alpha value is -3.00. The molecule has 32 heavy (non-hydrogen) atoms. The third kappa shape index (κ3) is 3.52. The first kappa shape index (κ1) is 20.9. The van der Waals surface area contributed by atoms with Crippen LogP contribution in [0.5, 0.6) is 11.5 Å². The minimum Gasteiger partial charge on any atom is -0.496 e. The lowest BCUT2D eigenvalue weighted by atomic mass is 9.77. The van der Waals surface area contributed by atoms with E-state index in [2.05, 4.69) is 62.4 Å². The highest BCUT2D eigenvalue weighted by Gasteiger charge is 2.23. The van der Waals surface area contributed by atoms with Crippen molar-refractivity contribution in [3.05, 3.63) is 82.4 Å². The first-order chi connectivity index (χ1) is 15.6. The summed E-state index contributed by atoms with van der Waals surface area (Å²) in [6.45, 7) is 4.41. The number of rotatable bonds is 5. The first-order valence-electron chi connectivity index (χ1n) is 11.8. The van der Waals surface area contributed by atoms with Crippen molar-refractivity contribution in [2.24, 2.45) is 0 Å². The van der Waals surface area contributed by atoms with E-state index in [1.807, 2.05) is 6.07 Å². The number of ether oxygens (including phenoxy) is 2. The van der Waals surface area contributed by atoms with Gasteiger partial charge in [-0.2, -0.15) is 0 Å². The molecule has 164 valence electrons. The molecule has 1 aliphatic carbocycles. The van der Waals surface area contributed by atoms with Gasteiger partial charge in [-0.3, -0.25) is 0 Å². The predicted octanol–water partition coefficient (Wildman–Crippen LogP) is 7.68. The molecule has 0 unspecified atom stereocenters. The van der Waals surface area contributed by atoms with Crippen LogP contribution in [0, 0.1) is 13.8 Å². The van der Waals surface area contributed by atoms with Crippen LogP contribution in [0.1, 0.15) is 53.0 Å². The fourth-order valence-electron chi connectivity index (χ4n) is 5.57. The highest BCUT2D eigenvalue weighted by atomic mass is 16.5. The highest BCUT2D eigenvalue weighted by Crippen LogP contribution is 2.44. The molecule has 0 spiro atoms. The summed E-state index contributed by atoms with van der Waals surface area (Å²) in [4.78, 5) is 0. The summed E-state index contributed by atoms with van der Waals surface area (Å²) >= 11 is 0. The summed E-state index contributed by atoms with van der Waals surface area (Å²) in [6.07, 6.45) is 6.02. The van der Waals surface area contributed by atoms with Crippen LogP contribution in [-0.4, -0.2) is 14.2 Å². The molecule has 0 aliphatic heterocycles. The Kier molecular flexibility index (Phi) is 5.55. The van der Waals surface area contributed by atoms with Gasteiger partial charge >= 0.3 is 0 Å². The quantitative estimate of drug-likeness (QED) is 0.306. The maximum absolute atomic E-state index is 5.84. The van der Waals surface area contributed by atoms with Gasteiger partial charge in [-0.05, 0) is 108 Å². The molecule has 0 aromatic heterocycles. The van der Waals surface area contributed by atoms with E-state index in [-0.39, 0.29) is 0 Å². The standard InChI is InChI=1S/C30H32O2/c1-19-11-12-21(17-20(19)2)13-14-22-7-5-8-24-23(22)15-16-25-26-9-6-10-28(31-3)30(26)29(32-4)18-27(24)25/h6,9-12,15-18,22H,5,7-8,13-14H2,1-4H3/t22-/m0/s1. The van der Waals surface area contributed by atoms with E-state index in [1.54, 1.807) is 14.2 Å². The molecule has 0 fully saturated rings. The van der Waals surface area contributed by atoms with Crippen LogP contribution in [0.15, 0.2) is 54.6 Å². The normalized spacial score (nSPS) is 15.7. The predicted molar refractivity (Wildman–Crippen MR) is 134 cm³/mol. The van der Waals surface area contributed by atoms with Crippen LogP contribution in [0.3, 0.4) is 0 Å². The van der Waals surface area contributed by atoms with Crippen LogP contribution in [0.2, 0.25) is 0 Å². The Labute approximate surface area is 191 Å². The number of hydrogen-bond acceptors (Lipinski definition) is 2. The van der Waals surface area contributed by atoms with Crippen molar-refractivity contribution in [1.29, 1.82) is 0 Å². The average molecular weight is 425 g/mol. The van der Waals surface area contributed by atoms with Gasteiger partial charge in [-0.15, -0.1) is 0 Å². The lowest BCUT2D eigenvalue weighted by Gasteiger charge is -2.27. The van der Waals surface area contributed by atoms with E-state index in [0.29, 0.717) is 5.92 Å². The fourth-order valence-corrected chi connectivity index (χ4v) is 5.57. The van der Waals surface area contributed by atoms with Crippen LogP contribution < -0.4 is 9.47 Å². The molecule has 0 saturated heterocycles.